The molecule has 0 heterocycles. The van der Waals surface area contributed by atoms with Crippen molar-refractivity contribution in [1.82, 2.24) is 5.32 Å². The molecule has 0 unspecified atom stereocenters. The fraction of sp³-hybridized carbons (Fsp3) is 0.818. The first-order valence-electron chi connectivity index (χ1n) is 5.67. The lowest BCUT2D eigenvalue weighted by molar-refractivity contribution is -0.168. The Morgan fingerprint density at radius 1 is 1.21 bits per heavy atom. The third-order valence-electron chi connectivity index (χ3n) is 1.76. The molecule has 0 aromatic carbocycles. The largest absolute Gasteiger partial charge is 0.466 e. The number of alkyl carbamates (subject to hydrolysis) is 1. The van der Waals surface area contributed by atoms with Gasteiger partial charge in [0.05, 0.1) is 13.0 Å². The Morgan fingerprint density at radius 2 is 1.74 bits per heavy atom. The molecule has 1 N–H and O–H groups in total. The molecule has 0 rings (SSSR count). The standard InChI is InChI=1S/C11H18F3NO4/c1-5-18-8(16)6-7(11(12,13)14)15-9(17)19-10(2,3)4/h7H,5-6H2,1-4H3,(H,15,17)/t7-/m1/s1. The van der Waals surface area contributed by atoms with Gasteiger partial charge in [-0.15, -0.1) is 0 Å². The molecule has 0 spiro atoms. The Balaban J connectivity index is 4.62. The summed E-state index contributed by atoms with van der Waals surface area (Å²) in [4.78, 5) is 22.3. The van der Waals surface area contributed by atoms with Gasteiger partial charge in [-0.2, -0.15) is 13.2 Å². The summed E-state index contributed by atoms with van der Waals surface area (Å²) >= 11 is 0. The first-order valence-corrected chi connectivity index (χ1v) is 5.67. The van der Waals surface area contributed by atoms with Gasteiger partial charge >= 0.3 is 18.2 Å². The molecule has 1 atom stereocenters. The van der Waals surface area contributed by atoms with Gasteiger partial charge in [-0.3, -0.25) is 4.79 Å². The molecule has 19 heavy (non-hydrogen) atoms. The van der Waals surface area contributed by atoms with E-state index in [0.717, 1.165) is 0 Å². The predicted molar refractivity (Wildman–Crippen MR) is 60.5 cm³/mol. The highest BCUT2D eigenvalue weighted by molar-refractivity contribution is 5.73. The fourth-order valence-corrected chi connectivity index (χ4v) is 1.08. The van der Waals surface area contributed by atoms with Crippen LogP contribution >= 0.6 is 0 Å². The van der Waals surface area contributed by atoms with Crippen LogP contribution in [0.2, 0.25) is 0 Å². The average molecular weight is 285 g/mol. The highest BCUT2D eigenvalue weighted by Gasteiger charge is 2.43. The zero-order chi connectivity index (χ0) is 15.3. The van der Waals surface area contributed by atoms with Crippen molar-refractivity contribution in [3.63, 3.8) is 0 Å². The van der Waals surface area contributed by atoms with Crippen molar-refractivity contribution < 1.29 is 32.2 Å². The molecule has 0 aliphatic carbocycles. The normalized spacial score (nSPS) is 13.6. The number of halogens is 3. The molecule has 0 aliphatic heterocycles. The molecule has 0 saturated carbocycles. The average Bonchev–Trinajstić information content (AvgIpc) is 2.12. The van der Waals surface area contributed by atoms with Crippen LogP contribution in [0.1, 0.15) is 34.1 Å². The molecular weight excluding hydrogens is 267 g/mol. The van der Waals surface area contributed by atoms with Crippen molar-refractivity contribution in [2.24, 2.45) is 0 Å². The molecule has 1 amide bonds. The van der Waals surface area contributed by atoms with E-state index in [1.165, 1.54) is 27.7 Å². The maximum Gasteiger partial charge on any atom is 0.409 e. The second-order valence-electron chi connectivity index (χ2n) is 4.75. The molecule has 0 radical (unpaired) electrons. The second-order valence-corrected chi connectivity index (χ2v) is 4.75. The van der Waals surface area contributed by atoms with Gasteiger partial charge in [0.25, 0.3) is 0 Å². The number of alkyl halides is 3. The van der Waals surface area contributed by atoms with Crippen LogP contribution in [0.25, 0.3) is 0 Å². The van der Waals surface area contributed by atoms with E-state index in [0.29, 0.717) is 0 Å². The molecule has 0 fully saturated rings. The number of carbonyl (C=O) groups is 2. The first-order chi connectivity index (χ1) is 8.45. The third-order valence-corrected chi connectivity index (χ3v) is 1.76. The summed E-state index contributed by atoms with van der Waals surface area (Å²) in [6.07, 6.45) is -6.99. The van der Waals surface area contributed by atoms with Gasteiger partial charge in [0.2, 0.25) is 0 Å². The number of hydrogen-bond acceptors (Lipinski definition) is 4. The van der Waals surface area contributed by atoms with Crippen molar-refractivity contribution in [3.8, 4) is 0 Å². The van der Waals surface area contributed by atoms with Gasteiger partial charge in [0.1, 0.15) is 11.6 Å². The van der Waals surface area contributed by atoms with E-state index in [4.69, 9.17) is 4.74 Å². The van der Waals surface area contributed by atoms with E-state index in [2.05, 4.69) is 4.74 Å². The maximum atomic E-state index is 12.6. The zero-order valence-electron chi connectivity index (χ0n) is 11.3. The summed E-state index contributed by atoms with van der Waals surface area (Å²) in [5.74, 6) is -1.04. The monoisotopic (exact) mass is 285 g/mol. The molecule has 0 bridgehead atoms. The maximum absolute atomic E-state index is 12.6. The van der Waals surface area contributed by atoms with Gasteiger partial charge in [-0.1, -0.05) is 0 Å². The molecular formula is C11H18F3NO4. The molecule has 0 aliphatic rings. The van der Waals surface area contributed by atoms with Crippen LogP contribution in [0.4, 0.5) is 18.0 Å². The Labute approximate surface area is 109 Å². The minimum absolute atomic E-state index is 0.0319. The predicted octanol–water partition coefficient (Wildman–Crippen LogP) is 2.40. The number of hydrogen-bond donors (Lipinski definition) is 1. The molecule has 8 heteroatoms. The molecule has 5 nitrogen and oxygen atoms in total. The lowest BCUT2D eigenvalue weighted by Gasteiger charge is -2.24. The fourth-order valence-electron chi connectivity index (χ4n) is 1.08. The topological polar surface area (TPSA) is 64.6 Å². The second kappa shape index (κ2) is 6.63. The van der Waals surface area contributed by atoms with E-state index < -0.39 is 36.3 Å². The molecule has 0 aromatic rings. The first kappa shape index (κ1) is 17.5. The minimum Gasteiger partial charge on any atom is -0.466 e. The van der Waals surface area contributed by atoms with Crippen LogP contribution in [0.3, 0.4) is 0 Å². The number of rotatable bonds is 4. The third kappa shape index (κ3) is 8.28. The number of ether oxygens (including phenoxy) is 2. The lowest BCUT2D eigenvalue weighted by atomic mass is 10.2. The van der Waals surface area contributed by atoms with E-state index in [1.807, 2.05) is 0 Å². The van der Waals surface area contributed by atoms with Crippen LogP contribution in [-0.2, 0) is 14.3 Å². The quantitative estimate of drug-likeness (QED) is 0.805. The molecule has 112 valence electrons. The summed E-state index contributed by atoms with van der Waals surface area (Å²) in [5, 5.41) is 1.62. The van der Waals surface area contributed by atoms with Gasteiger partial charge in [-0.25, -0.2) is 4.79 Å². The van der Waals surface area contributed by atoms with Crippen molar-refractivity contribution in [1.29, 1.82) is 0 Å². The smallest absolute Gasteiger partial charge is 0.409 e. The summed E-state index contributed by atoms with van der Waals surface area (Å²) in [6.45, 7) is 5.99. The number of nitrogens with one attached hydrogen (secondary N) is 1. The lowest BCUT2D eigenvalue weighted by Crippen LogP contribution is -2.48. The summed E-state index contributed by atoms with van der Waals surface area (Å²) < 4.78 is 47.0. The number of amides is 1. The summed E-state index contributed by atoms with van der Waals surface area (Å²) in [6, 6.07) is -2.33. The Hall–Kier alpha value is -1.47. The van der Waals surface area contributed by atoms with Gasteiger partial charge in [0, 0.05) is 0 Å². The number of esters is 1. The van der Waals surface area contributed by atoms with Crippen molar-refractivity contribution >= 4 is 12.1 Å². The summed E-state index contributed by atoms with van der Waals surface area (Å²) in [5.41, 5.74) is -0.926. The van der Waals surface area contributed by atoms with Crippen LogP contribution < -0.4 is 5.32 Å². The van der Waals surface area contributed by atoms with Crippen molar-refractivity contribution in [2.75, 3.05) is 6.61 Å². The Morgan fingerprint density at radius 3 is 2.11 bits per heavy atom. The number of carbonyl (C=O) groups excluding carboxylic acids is 2. The van der Waals surface area contributed by atoms with Gasteiger partial charge < -0.3 is 14.8 Å². The zero-order valence-corrected chi connectivity index (χ0v) is 11.3. The Kier molecular flexibility index (Phi) is 6.11. The van der Waals surface area contributed by atoms with Crippen LogP contribution in [0.5, 0.6) is 0 Å². The van der Waals surface area contributed by atoms with Gasteiger partial charge in [0.15, 0.2) is 0 Å². The molecule has 0 saturated heterocycles. The molecule has 0 aromatic heterocycles. The van der Waals surface area contributed by atoms with Crippen molar-refractivity contribution in [2.45, 2.75) is 51.9 Å². The van der Waals surface area contributed by atoms with E-state index in [1.54, 1.807) is 5.32 Å². The van der Waals surface area contributed by atoms with E-state index >= 15 is 0 Å². The van der Waals surface area contributed by atoms with E-state index in [9.17, 15) is 22.8 Å². The van der Waals surface area contributed by atoms with E-state index in [-0.39, 0.29) is 6.61 Å². The highest BCUT2D eigenvalue weighted by atomic mass is 19.4. The Bertz CT molecular complexity index is 323. The van der Waals surface area contributed by atoms with Crippen LogP contribution in [0.15, 0.2) is 0 Å². The highest BCUT2D eigenvalue weighted by Crippen LogP contribution is 2.23. The summed E-state index contributed by atoms with van der Waals surface area (Å²) in [7, 11) is 0. The SMILES string of the molecule is CCOC(=O)C[C@@H](NC(=O)OC(C)(C)C)C(F)(F)F. The van der Waals surface area contributed by atoms with Crippen LogP contribution in [-0.4, -0.2) is 36.5 Å². The van der Waals surface area contributed by atoms with Crippen molar-refractivity contribution in [3.05, 3.63) is 0 Å². The minimum atomic E-state index is -4.76. The van der Waals surface area contributed by atoms with Crippen LogP contribution in [0, 0.1) is 0 Å². The van der Waals surface area contributed by atoms with Gasteiger partial charge in [-0.05, 0) is 27.7 Å².